The molecule has 10 heteroatoms. The maximum absolute atomic E-state index is 13.2. The van der Waals surface area contributed by atoms with Crippen molar-refractivity contribution in [2.45, 2.75) is 33.9 Å². The van der Waals surface area contributed by atoms with E-state index in [-0.39, 0.29) is 19.0 Å². The highest BCUT2D eigenvalue weighted by atomic mass is 35.5. The molecule has 33 heavy (non-hydrogen) atoms. The molecule has 0 aliphatic rings. The van der Waals surface area contributed by atoms with Gasteiger partial charge in [-0.3, -0.25) is 9.36 Å². The number of carboxylic acid groups (broad SMARTS) is 1. The van der Waals surface area contributed by atoms with Crippen molar-refractivity contribution in [3.8, 4) is 5.75 Å². The molecule has 0 saturated carbocycles. The number of nitrogens with one attached hydrogen (secondary N) is 1. The minimum atomic E-state index is -1.11. The van der Waals surface area contributed by atoms with E-state index >= 15 is 0 Å². The minimum Gasteiger partial charge on any atom is -0.492 e. The van der Waals surface area contributed by atoms with Crippen LogP contribution in [0.5, 0.6) is 5.75 Å². The Hall–Kier alpha value is -3.59. The van der Waals surface area contributed by atoms with E-state index in [0.717, 1.165) is 15.7 Å². The number of aryl methyl sites for hydroxylation is 1. The molecule has 174 valence electrons. The molecule has 3 aromatic rings. The molecule has 3 rings (SSSR count). The van der Waals surface area contributed by atoms with Crippen molar-refractivity contribution in [3.05, 3.63) is 79.6 Å². The first-order valence-electron chi connectivity index (χ1n) is 10.4. The molecular formula is C23H25ClN4O5. The van der Waals surface area contributed by atoms with Crippen molar-refractivity contribution < 1.29 is 14.6 Å². The maximum Gasteiger partial charge on any atom is 0.354 e. The Morgan fingerprint density at radius 2 is 1.88 bits per heavy atom. The molecule has 2 aromatic carbocycles. The number of rotatable bonds is 9. The summed E-state index contributed by atoms with van der Waals surface area (Å²) in [5, 5.41) is 12.6. The number of aromatic nitrogens is 3. The largest absolute Gasteiger partial charge is 0.492 e. The van der Waals surface area contributed by atoms with Crippen molar-refractivity contribution in [2.24, 2.45) is 5.92 Å². The number of halogens is 1. The van der Waals surface area contributed by atoms with Gasteiger partial charge in [0.1, 0.15) is 5.75 Å². The third-order valence-electron chi connectivity index (χ3n) is 4.98. The van der Waals surface area contributed by atoms with Crippen LogP contribution in [0.1, 0.15) is 25.0 Å². The molecule has 0 amide bonds. The van der Waals surface area contributed by atoms with E-state index in [9.17, 15) is 19.5 Å². The molecule has 0 aliphatic carbocycles. The summed E-state index contributed by atoms with van der Waals surface area (Å²) in [6, 6.07) is 12.5. The number of benzene rings is 2. The maximum atomic E-state index is 13.2. The van der Waals surface area contributed by atoms with Gasteiger partial charge in [-0.05, 0) is 37.6 Å². The molecule has 1 heterocycles. The monoisotopic (exact) mass is 472 g/mol. The fraction of sp³-hybridized carbons (Fsp3) is 0.304. The Kier molecular flexibility index (Phi) is 7.55. The summed E-state index contributed by atoms with van der Waals surface area (Å²) in [5.41, 5.74) is 0.876. The van der Waals surface area contributed by atoms with E-state index in [4.69, 9.17) is 16.3 Å². The molecule has 0 saturated heterocycles. The van der Waals surface area contributed by atoms with Crippen molar-refractivity contribution in [1.29, 1.82) is 0 Å². The van der Waals surface area contributed by atoms with Gasteiger partial charge in [-0.2, -0.15) is 4.98 Å². The van der Waals surface area contributed by atoms with Gasteiger partial charge in [0.05, 0.1) is 24.1 Å². The molecule has 0 aliphatic heterocycles. The molecule has 2 N–H and O–H groups in total. The lowest BCUT2D eigenvalue weighted by Gasteiger charge is -2.17. The fourth-order valence-corrected chi connectivity index (χ4v) is 3.37. The Labute approximate surface area is 195 Å². The minimum absolute atomic E-state index is 0.0185. The first-order valence-corrected chi connectivity index (χ1v) is 10.8. The van der Waals surface area contributed by atoms with Gasteiger partial charge in [-0.1, -0.05) is 48.4 Å². The lowest BCUT2D eigenvalue weighted by molar-refractivity contribution is -0.141. The predicted molar refractivity (Wildman–Crippen MR) is 126 cm³/mol. The van der Waals surface area contributed by atoms with Gasteiger partial charge in [0.2, 0.25) is 5.95 Å². The number of ether oxygens (including phenoxy) is 1. The molecule has 0 fully saturated rings. The second-order valence-electron chi connectivity index (χ2n) is 7.63. The first-order chi connectivity index (χ1) is 15.7. The van der Waals surface area contributed by atoms with E-state index in [1.165, 1.54) is 11.5 Å². The van der Waals surface area contributed by atoms with Gasteiger partial charge in [0.25, 0.3) is 0 Å². The number of carbonyl (C=O) groups is 1. The summed E-state index contributed by atoms with van der Waals surface area (Å²) < 4.78 is 7.57. The molecule has 0 spiro atoms. The standard InChI is InChI=1S/C23H25ClN4O5/c1-4-33-19-10-9-17(11-18(19)24)25-21-26-22(31)28(12-15(3)20(29)30)23(32)27(21)13-16-7-5-14(2)6-8-16/h5-11,15H,4,12-13H2,1-3H3,(H,29,30)(H,25,26,31)/t15-/m0/s1. The topological polar surface area (TPSA) is 115 Å². The Morgan fingerprint density at radius 3 is 2.48 bits per heavy atom. The zero-order valence-electron chi connectivity index (χ0n) is 18.5. The van der Waals surface area contributed by atoms with Gasteiger partial charge < -0.3 is 15.2 Å². The van der Waals surface area contributed by atoms with Crippen LogP contribution in [-0.4, -0.2) is 31.8 Å². The van der Waals surface area contributed by atoms with Crippen molar-refractivity contribution >= 4 is 29.2 Å². The van der Waals surface area contributed by atoms with Crippen LogP contribution in [0, 0.1) is 12.8 Å². The van der Waals surface area contributed by atoms with Crippen molar-refractivity contribution in [1.82, 2.24) is 14.1 Å². The first kappa shape index (κ1) is 24.1. The molecule has 0 radical (unpaired) electrons. The lowest BCUT2D eigenvalue weighted by atomic mass is 10.1. The Morgan fingerprint density at radius 1 is 1.18 bits per heavy atom. The van der Waals surface area contributed by atoms with E-state index in [0.29, 0.717) is 23.1 Å². The zero-order chi connectivity index (χ0) is 24.1. The van der Waals surface area contributed by atoms with E-state index < -0.39 is 23.3 Å². The smallest absolute Gasteiger partial charge is 0.354 e. The van der Waals surface area contributed by atoms with Gasteiger partial charge in [0.15, 0.2) is 0 Å². The molecule has 9 nitrogen and oxygen atoms in total. The molecule has 1 atom stereocenters. The highest BCUT2D eigenvalue weighted by molar-refractivity contribution is 6.32. The number of nitrogens with zero attached hydrogens (tertiary/aromatic N) is 3. The summed E-state index contributed by atoms with van der Waals surface area (Å²) in [6.45, 7) is 5.51. The number of carboxylic acids is 1. The summed E-state index contributed by atoms with van der Waals surface area (Å²) in [7, 11) is 0. The summed E-state index contributed by atoms with van der Waals surface area (Å²) in [4.78, 5) is 41.2. The second kappa shape index (κ2) is 10.4. The second-order valence-corrected chi connectivity index (χ2v) is 8.03. The van der Waals surface area contributed by atoms with Crippen molar-refractivity contribution in [3.63, 3.8) is 0 Å². The number of hydrogen-bond acceptors (Lipinski definition) is 6. The van der Waals surface area contributed by atoms with Crippen LogP contribution in [-0.2, 0) is 17.9 Å². The predicted octanol–water partition coefficient (Wildman–Crippen LogP) is 3.28. The van der Waals surface area contributed by atoms with E-state index in [1.807, 2.05) is 38.1 Å². The number of anilines is 2. The third-order valence-corrected chi connectivity index (χ3v) is 5.27. The molecule has 0 unspecified atom stereocenters. The number of hydrogen-bond donors (Lipinski definition) is 2. The van der Waals surface area contributed by atoms with Crippen LogP contribution in [0.3, 0.4) is 0 Å². The summed E-state index contributed by atoms with van der Waals surface area (Å²) in [6.07, 6.45) is 0. The van der Waals surface area contributed by atoms with Crippen LogP contribution in [0.2, 0.25) is 5.02 Å². The highest BCUT2D eigenvalue weighted by Gasteiger charge is 2.19. The molecular weight excluding hydrogens is 448 g/mol. The summed E-state index contributed by atoms with van der Waals surface area (Å²) in [5.74, 6) is -1.52. The normalized spacial score (nSPS) is 11.8. The van der Waals surface area contributed by atoms with Crippen LogP contribution in [0.25, 0.3) is 0 Å². The Balaban J connectivity index is 2.06. The summed E-state index contributed by atoms with van der Waals surface area (Å²) >= 11 is 6.26. The SMILES string of the molecule is CCOc1ccc(Nc2nc(=O)n(C[C@H](C)C(=O)O)c(=O)n2Cc2ccc(C)cc2)cc1Cl. The highest BCUT2D eigenvalue weighted by Crippen LogP contribution is 2.28. The van der Waals surface area contributed by atoms with Gasteiger partial charge in [-0.25, -0.2) is 14.2 Å². The van der Waals surface area contributed by atoms with Crippen LogP contribution in [0.15, 0.2) is 52.1 Å². The average Bonchev–Trinajstić information content (AvgIpc) is 2.77. The van der Waals surface area contributed by atoms with E-state index in [1.54, 1.807) is 18.2 Å². The molecule has 0 bridgehead atoms. The van der Waals surface area contributed by atoms with Gasteiger partial charge in [0, 0.05) is 12.2 Å². The van der Waals surface area contributed by atoms with Gasteiger partial charge >= 0.3 is 17.3 Å². The van der Waals surface area contributed by atoms with Crippen LogP contribution in [0.4, 0.5) is 11.6 Å². The fourth-order valence-electron chi connectivity index (χ4n) is 3.13. The zero-order valence-corrected chi connectivity index (χ0v) is 19.3. The van der Waals surface area contributed by atoms with Gasteiger partial charge in [-0.15, -0.1) is 0 Å². The van der Waals surface area contributed by atoms with E-state index in [2.05, 4.69) is 10.3 Å². The third kappa shape index (κ3) is 5.81. The lowest BCUT2D eigenvalue weighted by Crippen LogP contribution is -2.44. The average molecular weight is 473 g/mol. The number of aliphatic carboxylic acids is 1. The van der Waals surface area contributed by atoms with Crippen LogP contribution >= 0.6 is 11.6 Å². The van der Waals surface area contributed by atoms with Crippen LogP contribution < -0.4 is 21.4 Å². The quantitative estimate of drug-likeness (QED) is 0.491. The Bertz CT molecular complexity index is 1270. The molecule has 1 aromatic heterocycles. The van der Waals surface area contributed by atoms with Crippen molar-refractivity contribution in [2.75, 3.05) is 11.9 Å².